The van der Waals surface area contributed by atoms with Gasteiger partial charge in [0.2, 0.25) is 0 Å². The van der Waals surface area contributed by atoms with Crippen LogP contribution in [0.4, 0.5) is 11.4 Å². The fraction of sp³-hybridized carbons (Fsp3) is 0.400. The van der Waals surface area contributed by atoms with Crippen LogP contribution in [0.5, 0.6) is 0 Å². The molecule has 1 heterocycles. The molecule has 4 nitrogen and oxygen atoms in total. The zero-order valence-electron chi connectivity index (χ0n) is 14.4. The largest absolute Gasteiger partial charge is 0.395 e. The number of para-hydroxylation sites is 1. The lowest BCUT2D eigenvalue weighted by molar-refractivity contribution is 0.160. The monoisotopic (exact) mass is 404 g/mol. The van der Waals surface area contributed by atoms with E-state index in [1.807, 2.05) is 0 Å². The van der Waals surface area contributed by atoms with Crippen molar-refractivity contribution in [3.8, 4) is 0 Å². The van der Waals surface area contributed by atoms with Crippen molar-refractivity contribution >= 4 is 27.3 Å². The molecule has 2 aromatic carbocycles. The molecule has 0 aromatic heterocycles. The number of aliphatic hydroxyl groups excluding tert-OH is 2. The Bertz CT molecular complexity index is 702. The van der Waals surface area contributed by atoms with Crippen molar-refractivity contribution in [2.45, 2.75) is 12.8 Å². The molecule has 0 amide bonds. The highest BCUT2D eigenvalue weighted by atomic mass is 79.9. The predicted octanol–water partition coefficient (Wildman–Crippen LogP) is 3.17. The van der Waals surface area contributed by atoms with Gasteiger partial charge in [0.25, 0.3) is 0 Å². The second kappa shape index (κ2) is 8.81. The minimum atomic E-state index is 0.128. The molecule has 134 valence electrons. The topological polar surface area (TPSA) is 46.9 Å². The number of hydrogen-bond acceptors (Lipinski definition) is 4. The molecule has 0 saturated carbocycles. The molecule has 2 aromatic rings. The molecule has 0 fully saturated rings. The van der Waals surface area contributed by atoms with Crippen LogP contribution in [0.25, 0.3) is 0 Å². The second-order valence-electron chi connectivity index (χ2n) is 6.37. The van der Waals surface area contributed by atoms with Gasteiger partial charge in [-0.05, 0) is 41.8 Å². The fourth-order valence-electron chi connectivity index (χ4n) is 3.53. The number of aliphatic hydroxyl groups is 2. The lowest BCUT2D eigenvalue weighted by atomic mass is 9.95. The van der Waals surface area contributed by atoms with Crippen LogP contribution in [-0.2, 0) is 6.42 Å². The SMILES string of the molecule is OCCN(CCO)CCCN1c2ccccc2Cc2cc(Br)ccc21. The summed E-state index contributed by atoms with van der Waals surface area (Å²) >= 11 is 3.58. The molecule has 0 radical (unpaired) electrons. The van der Waals surface area contributed by atoms with E-state index >= 15 is 0 Å². The summed E-state index contributed by atoms with van der Waals surface area (Å²) in [6.07, 6.45) is 1.94. The van der Waals surface area contributed by atoms with Crippen molar-refractivity contribution in [2.75, 3.05) is 44.3 Å². The van der Waals surface area contributed by atoms with Crippen LogP contribution in [0, 0.1) is 0 Å². The minimum absolute atomic E-state index is 0.128. The van der Waals surface area contributed by atoms with E-state index in [2.05, 4.69) is 68.2 Å². The molecule has 3 rings (SSSR count). The van der Waals surface area contributed by atoms with Gasteiger partial charge in [-0.25, -0.2) is 0 Å². The maximum absolute atomic E-state index is 9.16. The van der Waals surface area contributed by atoms with Crippen LogP contribution < -0.4 is 4.90 Å². The summed E-state index contributed by atoms with van der Waals surface area (Å²) in [4.78, 5) is 4.51. The molecule has 0 bridgehead atoms. The highest BCUT2D eigenvalue weighted by Gasteiger charge is 2.22. The highest BCUT2D eigenvalue weighted by Crippen LogP contribution is 2.39. The lowest BCUT2D eigenvalue weighted by Gasteiger charge is -2.34. The average Bonchev–Trinajstić information content (AvgIpc) is 2.61. The van der Waals surface area contributed by atoms with Crippen LogP contribution in [0.2, 0.25) is 0 Å². The summed E-state index contributed by atoms with van der Waals surface area (Å²) in [7, 11) is 0. The molecule has 0 aliphatic carbocycles. The number of nitrogens with zero attached hydrogens (tertiary/aromatic N) is 2. The van der Waals surface area contributed by atoms with Gasteiger partial charge < -0.3 is 15.1 Å². The van der Waals surface area contributed by atoms with E-state index in [0.717, 1.165) is 30.4 Å². The molecule has 0 saturated heterocycles. The van der Waals surface area contributed by atoms with Crippen molar-refractivity contribution in [3.63, 3.8) is 0 Å². The normalized spacial score (nSPS) is 13.0. The van der Waals surface area contributed by atoms with E-state index in [0.29, 0.717) is 13.1 Å². The van der Waals surface area contributed by atoms with E-state index < -0.39 is 0 Å². The van der Waals surface area contributed by atoms with Gasteiger partial charge in [0.15, 0.2) is 0 Å². The first-order chi connectivity index (χ1) is 12.2. The van der Waals surface area contributed by atoms with Crippen LogP contribution >= 0.6 is 15.9 Å². The van der Waals surface area contributed by atoms with Gasteiger partial charge in [-0.15, -0.1) is 0 Å². The van der Waals surface area contributed by atoms with Crippen molar-refractivity contribution in [1.29, 1.82) is 0 Å². The van der Waals surface area contributed by atoms with E-state index in [1.54, 1.807) is 0 Å². The van der Waals surface area contributed by atoms with Crippen molar-refractivity contribution in [3.05, 3.63) is 58.1 Å². The van der Waals surface area contributed by atoms with E-state index in [4.69, 9.17) is 10.2 Å². The van der Waals surface area contributed by atoms with E-state index in [1.165, 1.54) is 22.5 Å². The van der Waals surface area contributed by atoms with Gasteiger partial charge in [0.1, 0.15) is 0 Å². The van der Waals surface area contributed by atoms with Crippen LogP contribution in [0.15, 0.2) is 46.9 Å². The van der Waals surface area contributed by atoms with Gasteiger partial charge in [-0.2, -0.15) is 0 Å². The van der Waals surface area contributed by atoms with Gasteiger partial charge in [0.05, 0.1) is 13.2 Å². The van der Waals surface area contributed by atoms with Crippen molar-refractivity contribution < 1.29 is 10.2 Å². The average molecular weight is 405 g/mol. The third-order valence-electron chi connectivity index (χ3n) is 4.68. The van der Waals surface area contributed by atoms with Crippen LogP contribution in [0.1, 0.15) is 17.5 Å². The zero-order valence-corrected chi connectivity index (χ0v) is 16.0. The molecule has 1 aliphatic heterocycles. The molecule has 25 heavy (non-hydrogen) atoms. The third-order valence-corrected chi connectivity index (χ3v) is 5.18. The highest BCUT2D eigenvalue weighted by molar-refractivity contribution is 9.10. The third kappa shape index (κ3) is 4.42. The Morgan fingerprint density at radius 2 is 1.64 bits per heavy atom. The lowest BCUT2D eigenvalue weighted by Crippen LogP contribution is -2.33. The first kappa shape index (κ1) is 18.4. The molecular formula is C20H25BrN2O2. The fourth-order valence-corrected chi connectivity index (χ4v) is 3.94. The molecular weight excluding hydrogens is 380 g/mol. The first-order valence-electron chi connectivity index (χ1n) is 8.81. The Kier molecular flexibility index (Phi) is 6.48. The molecule has 1 aliphatic rings. The van der Waals surface area contributed by atoms with Gasteiger partial charge in [0, 0.05) is 48.4 Å². The number of halogens is 1. The second-order valence-corrected chi connectivity index (χ2v) is 7.29. The van der Waals surface area contributed by atoms with Crippen LogP contribution in [-0.4, -0.2) is 54.5 Å². The van der Waals surface area contributed by atoms with Crippen molar-refractivity contribution in [2.24, 2.45) is 0 Å². The smallest absolute Gasteiger partial charge is 0.0558 e. The van der Waals surface area contributed by atoms with Gasteiger partial charge in [-0.3, -0.25) is 4.90 Å². The standard InChI is InChI=1S/C20H25BrN2O2/c21-18-6-7-20-17(15-18)14-16-4-1-2-5-19(16)23(20)9-3-8-22(10-12-24)11-13-25/h1-2,4-7,15,24-25H,3,8-14H2. The summed E-state index contributed by atoms with van der Waals surface area (Å²) in [6.45, 7) is 3.26. The van der Waals surface area contributed by atoms with Gasteiger partial charge >= 0.3 is 0 Å². The summed E-state index contributed by atoms with van der Waals surface area (Å²) < 4.78 is 1.11. The maximum Gasteiger partial charge on any atom is 0.0558 e. The number of rotatable bonds is 8. The zero-order chi connectivity index (χ0) is 17.6. The predicted molar refractivity (Wildman–Crippen MR) is 106 cm³/mol. The number of hydrogen-bond donors (Lipinski definition) is 2. The Balaban J connectivity index is 1.76. The Hall–Kier alpha value is -1.40. The Labute approximate surface area is 157 Å². The summed E-state index contributed by atoms with van der Waals surface area (Å²) in [5.74, 6) is 0. The maximum atomic E-state index is 9.16. The summed E-state index contributed by atoms with van der Waals surface area (Å²) in [5, 5.41) is 18.3. The molecule has 5 heteroatoms. The number of benzene rings is 2. The van der Waals surface area contributed by atoms with Gasteiger partial charge in [-0.1, -0.05) is 34.1 Å². The summed E-state index contributed by atoms with van der Waals surface area (Å²) in [5.41, 5.74) is 5.26. The van der Waals surface area contributed by atoms with Crippen LogP contribution in [0.3, 0.4) is 0 Å². The molecule has 2 N–H and O–H groups in total. The first-order valence-corrected chi connectivity index (χ1v) is 9.60. The molecule has 0 unspecified atom stereocenters. The van der Waals surface area contributed by atoms with E-state index in [9.17, 15) is 0 Å². The Morgan fingerprint density at radius 3 is 2.40 bits per heavy atom. The minimum Gasteiger partial charge on any atom is -0.395 e. The number of anilines is 2. The molecule has 0 spiro atoms. The summed E-state index contributed by atoms with van der Waals surface area (Å²) in [6, 6.07) is 15.1. The number of fused-ring (bicyclic) bond motifs is 2. The quantitative estimate of drug-likeness (QED) is 0.709. The molecule has 0 atom stereocenters. The Morgan fingerprint density at radius 1 is 0.920 bits per heavy atom. The van der Waals surface area contributed by atoms with E-state index in [-0.39, 0.29) is 13.2 Å². The van der Waals surface area contributed by atoms with Crippen molar-refractivity contribution in [1.82, 2.24) is 4.90 Å².